The molecule has 0 aromatic heterocycles. The van der Waals surface area contributed by atoms with Crippen LogP contribution in [0.3, 0.4) is 0 Å². The van der Waals surface area contributed by atoms with Gasteiger partial charge in [-0.25, -0.2) is 4.79 Å². The summed E-state index contributed by atoms with van der Waals surface area (Å²) in [5.41, 5.74) is 0. The van der Waals surface area contributed by atoms with Crippen LogP contribution in [0.2, 0.25) is 5.02 Å². The van der Waals surface area contributed by atoms with Gasteiger partial charge in [-0.3, -0.25) is 4.79 Å². The highest BCUT2D eigenvalue weighted by molar-refractivity contribution is 8.00. The van der Waals surface area contributed by atoms with Gasteiger partial charge in [-0.15, -0.1) is 11.8 Å². The fourth-order valence-electron chi connectivity index (χ4n) is 2.29. The van der Waals surface area contributed by atoms with Crippen LogP contribution in [0.5, 0.6) is 0 Å². The Morgan fingerprint density at radius 1 is 1.36 bits per heavy atom. The highest BCUT2D eigenvalue weighted by atomic mass is 35.5. The summed E-state index contributed by atoms with van der Waals surface area (Å²) in [7, 11) is 0. The Hall–Kier alpha value is -1.24. The first-order valence-corrected chi connectivity index (χ1v) is 8.22. The molecule has 0 spiro atoms. The zero-order valence-electron chi connectivity index (χ0n) is 12.4. The molecule has 1 aliphatic rings. The molecule has 0 bridgehead atoms. The van der Waals surface area contributed by atoms with E-state index in [1.807, 2.05) is 19.1 Å². The van der Waals surface area contributed by atoms with E-state index in [1.54, 1.807) is 24.0 Å². The maximum absolute atomic E-state index is 12.5. The predicted octanol–water partition coefficient (Wildman–Crippen LogP) is 2.52. The fraction of sp³-hybridized carbons (Fsp3) is 0.467. The number of rotatable bonds is 4. The van der Waals surface area contributed by atoms with E-state index in [-0.39, 0.29) is 23.8 Å². The lowest BCUT2D eigenvalue weighted by Crippen LogP contribution is -2.53. The zero-order valence-corrected chi connectivity index (χ0v) is 13.9. The van der Waals surface area contributed by atoms with Gasteiger partial charge in [0.2, 0.25) is 5.91 Å². The number of carbonyl (C=O) groups is 2. The third kappa shape index (κ3) is 4.38. The SMILES string of the molecule is CC(Sc1ccc(Cl)cc1)C(=O)N1CC(C(=O)O)O[C@H](C)C1. The van der Waals surface area contributed by atoms with Crippen molar-refractivity contribution in [2.45, 2.75) is 36.2 Å². The first-order chi connectivity index (χ1) is 10.4. The molecule has 3 atom stereocenters. The Balaban J connectivity index is 2.00. The minimum atomic E-state index is -1.04. The molecular formula is C15H18ClNO4S. The molecular weight excluding hydrogens is 326 g/mol. The molecule has 2 rings (SSSR count). The van der Waals surface area contributed by atoms with Crippen molar-refractivity contribution in [2.75, 3.05) is 13.1 Å². The van der Waals surface area contributed by atoms with Gasteiger partial charge in [0.05, 0.1) is 17.9 Å². The second-order valence-electron chi connectivity index (χ2n) is 5.23. The van der Waals surface area contributed by atoms with E-state index < -0.39 is 12.1 Å². The summed E-state index contributed by atoms with van der Waals surface area (Å²) in [4.78, 5) is 26.1. The molecule has 22 heavy (non-hydrogen) atoms. The van der Waals surface area contributed by atoms with Crippen molar-refractivity contribution in [3.63, 3.8) is 0 Å². The van der Waals surface area contributed by atoms with Crippen LogP contribution in [0, 0.1) is 0 Å². The summed E-state index contributed by atoms with van der Waals surface area (Å²) in [6.07, 6.45) is -1.24. The van der Waals surface area contributed by atoms with Gasteiger partial charge in [-0.1, -0.05) is 11.6 Å². The molecule has 1 aromatic carbocycles. The van der Waals surface area contributed by atoms with Gasteiger partial charge in [-0.2, -0.15) is 0 Å². The number of carbonyl (C=O) groups excluding carboxylic acids is 1. The van der Waals surface area contributed by atoms with E-state index in [4.69, 9.17) is 21.4 Å². The van der Waals surface area contributed by atoms with Gasteiger partial charge in [0.15, 0.2) is 6.10 Å². The number of carboxylic acids is 1. The number of carboxylic acid groups (broad SMARTS) is 1. The molecule has 1 amide bonds. The lowest BCUT2D eigenvalue weighted by molar-refractivity contribution is -0.166. The van der Waals surface area contributed by atoms with Gasteiger partial charge in [0.25, 0.3) is 0 Å². The molecule has 1 aromatic rings. The predicted molar refractivity (Wildman–Crippen MR) is 85.3 cm³/mol. The van der Waals surface area contributed by atoms with E-state index in [2.05, 4.69) is 0 Å². The number of thioether (sulfide) groups is 1. The van der Waals surface area contributed by atoms with E-state index in [9.17, 15) is 9.59 Å². The summed E-state index contributed by atoms with van der Waals surface area (Å²) >= 11 is 7.27. The Morgan fingerprint density at radius 3 is 2.59 bits per heavy atom. The van der Waals surface area contributed by atoms with E-state index in [1.165, 1.54) is 11.8 Å². The Bertz CT molecular complexity index is 551. The van der Waals surface area contributed by atoms with Crippen LogP contribution in [0.1, 0.15) is 13.8 Å². The van der Waals surface area contributed by atoms with Gasteiger partial charge in [0.1, 0.15) is 0 Å². The molecule has 0 radical (unpaired) electrons. The minimum Gasteiger partial charge on any atom is -0.479 e. The third-order valence-electron chi connectivity index (χ3n) is 3.32. The van der Waals surface area contributed by atoms with E-state index >= 15 is 0 Å². The summed E-state index contributed by atoms with van der Waals surface area (Å²) in [6, 6.07) is 7.27. The van der Waals surface area contributed by atoms with Gasteiger partial charge in [0, 0.05) is 16.5 Å². The topological polar surface area (TPSA) is 66.8 Å². The van der Waals surface area contributed by atoms with Crippen LogP contribution in [0.25, 0.3) is 0 Å². The average molecular weight is 344 g/mol. The van der Waals surface area contributed by atoms with Crippen molar-refractivity contribution in [1.29, 1.82) is 0 Å². The zero-order chi connectivity index (χ0) is 16.3. The Kier molecular flexibility index (Phi) is 5.72. The molecule has 1 heterocycles. The van der Waals surface area contributed by atoms with Crippen LogP contribution in [-0.2, 0) is 14.3 Å². The highest BCUT2D eigenvalue weighted by Gasteiger charge is 2.34. The Labute approximate surface area is 138 Å². The monoisotopic (exact) mass is 343 g/mol. The standard InChI is InChI=1S/C15H18ClNO4S/c1-9-7-17(8-13(21-9)15(19)20)14(18)10(2)22-12-5-3-11(16)4-6-12/h3-6,9-10,13H,7-8H2,1-2H3,(H,19,20)/t9-,10?,13?/m1/s1. The number of aliphatic carboxylic acids is 1. The van der Waals surface area contributed by atoms with Gasteiger partial charge in [-0.05, 0) is 38.1 Å². The lowest BCUT2D eigenvalue weighted by atomic mass is 10.2. The van der Waals surface area contributed by atoms with Crippen LogP contribution in [0.4, 0.5) is 0 Å². The van der Waals surface area contributed by atoms with E-state index in [0.29, 0.717) is 11.6 Å². The molecule has 120 valence electrons. The maximum Gasteiger partial charge on any atom is 0.334 e. The first kappa shape index (κ1) is 17.1. The molecule has 7 heteroatoms. The second-order valence-corrected chi connectivity index (χ2v) is 7.08. The number of halogens is 1. The number of amides is 1. The van der Waals surface area contributed by atoms with E-state index in [0.717, 1.165) is 4.90 Å². The summed E-state index contributed by atoms with van der Waals surface area (Å²) in [5, 5.41) is 9.42. The molecule has 1 saturated heterocycles. The lowest BCUT2D eigenvalue weighted by Gasteiger charge is -2.36. The average Bonchev–Trinajstić information content (AvgIpc) is 2.48. The number of hydrogen-bond acceptors (Lipinski definition) is 4. The number of benzene rings is 1. The molecule has 1 aliphatic heterocycles. The van der Waals surface area contributed by atoms with Crippen molar-refractivity contribution >= 4 is 35.2 Å². The van der Waals surface area contributed by atoms with Crippen molar-refractivity contribution in [1.82, 2.24) is 4.90 Å². The molecule has 0 saturated carbocycles. The normalized spacial score (nSPS) is 23.1. The summed E-state index contributed by atoms with van der Waals surface area (Å²) < 4.78 is 5.32. The largest absolute Gasteiger partial charge is 0.479 e. The van der Waals surface area contributed by atoms with Gasteiger partial charge < -0.3 is 14.7 Å². The first-order valence-electron chi connectivity index (χ1n) is 6.96. The molecule has 2 unspecified atom stereocenters. The van der Waals surface area contributed by atoms with Crippen molar-refractivity contribution in [2.24, 2.45) is 0 Å². The number of hydrogen-bond donors (Lipinski definition) is 1. The molecule has 1 fully saturated rings. The van der Waals surface area contributed by atoms with Crippen LogP contribution in [0.15, 0.2) is 29.2 Å². The number of nitrogens with zero attached hydrogens (tertiary/aromatic N) is 1. The fourth-order valence-corrected chi connectivity index (χ4v) is 3.37. The summed E-state index contributed by atoms with van der Waals surface area (Å²) in [5.74, 6) is -1.12. The minimum absolute atomic E-state index is 0.0821. The molecule has 0 aliphatic carbocycles. The van der Waals surface area contributed by atoms with Crippen molar-refractivity contribution < 1.29 is 19.4 Å². The van der Waals surface area contributed by atoms with Crippen molar-refractivity contribution in [3.05, 3.63) is 29.3 Å². The van der Waals surface area contributed by atoms with Gasteiger partial charge >= 0.3 is 5.97 Å². The quantitative estimate of drug-likeness (QED) is 0.851. The molecule has 1 N–H and O–H groups in total. The highest BCUT2D eigenvalue weighted by Crippen LogP contribution is 2.26. The van der Waals surface area contributed by atoms with Crippen molar-refractivity contribution in [3.8, 4) is 0 Å². The van der Waals surface area contributed by atoms with Crippen LogP contribution >= 0.6 is 23.4 Å². The third-order valence-corrected chi connectivity index (χ3v) is 4.67. The molecule has 5 nitrogen and oxygen atoms in total. The number of ether oxygens (including phenoxy) is 1. The maximum atomic E-state index is 12.5. The van der Waals surface area contributed by atoms with Crippen LogP contribution in [-0.4, -0.2) is 52.4 Å². The van der Waals surface area contributed by atoms with Crippen LogP contribution < -0.4 is 0 Å². The number of morpholine rings is 1. The smallest absolute Gasteiger partial charge is 0.334 e. The second kappa shape index (κ2) is 7.35. The Morgan fingerprint density at radius 2 is 2.00 bits per heavy atom. The summed E-state index contributed by atoms with van der Waals surface area (Å²) in [6.45, 7) is 4.09.